The summed E-state index contributed by atoms with van der Waals surface area (Å²) in [6, 6.07) is 0.0839. The minimum Gasteiger partial charge on any atom is -0.372 e. The van der Waals surface area contributed by atoms with Crippen LogP contribution in [0.4, 0.5) is 30.6 Å². The first-order valence-corrected chi connectivity index (χ1v) is 8.73. The van der Waals surface area contributed by atoms with Gasteiger partial charge in [-0.3, -0.25) is 9.36 Å². The van der Waals surface area contributed by atoms with E-state index in [9.17, 15) is 13.2 Å². The summed E-state index contributed by atoms with van der Waals surface area (Å²) >= 11 is 0. The average Bonchev–Trinajstić information content (AvgIpc) is 3.32. The summed E-state index contributed by atoms with van der Waals surface area (Å²) in [5.74, 6) is -0.223. The Morgan fingerprint density at radius 1 is 1.18 bits per heavy atom. The van der Waals surface area contributed by atoms with E-state index in [1.165, 1.54) is 12.7 Å². The fourth-order valence-electron chi connectivity index (χ4n) is 3.57. The van der Waals surface area contributed by atoms with Crippen LogP contribution in [0, 0.1) is 6.92 Å². The fraction of sp³-hybridized carbons (Fsp3) is 0.412. The summed E-state index contributed by atoms with van der Waals surface area (Å²) in [6.07, 6.45) is 1.57. The Morgan fingerprint density at radius 3 is 2.68 bits per heavy atom. The maximum Gasteiger partial charge on any atom is 0.421 e. The third-order valence-electron chi connectivity index (χ3n) is 5.02. The molecule has 0 saturated carbocycles. The van der Waals surface area contributed by atoms with Crippen LogP contribution >= 0.6 is 0 Å². The predicted molar refractivity (Wildman–Crippen MR) is 96.5 cm³/mol. The van der Waals surface area contributed by atoms with Crippen LogP contribution in [0.3, 0.4) is 0 Å². The zero-order chi connectivity index (χ0) is 20.1. The summed E-state index contributed by atoms with van der Waals surface area (Å²) in [5, 5.41) is 14.2. The van der Waals surface area contributed by atoms with Crippen molar-refractivity contribution < 1.29 is 13.2 Å². The van der Waals surface area contributed by atoms with Crippen LogP contribution in [0.2, 0.25) is 0 Å². The van der Waals surface area contributed by atoms with E-state index in [4.69, 9.17) is 0 Å². The second-order valence-electron chi connectivity index (χ2n) is 6.64. The maximum atomic E-state index is 13.0. The highest BCUT2D eigenvalue weighted by molar-refractivity contribution is 5.58. The van der Waals surface area contributed by atoms with Gasteiger partial charge in [0.15, 0.2) is 0 Å². The van der Waals surface area contributed by atoms with E-state index in [2.05, 4.69) is 30.8 Å². The second-order valence-corrected chi connectivity index (χ2v) is 6.64. The summed E-state index contributed by atoms with van der Waals surface area (Å²) in [7, 11) is 3.31. The van der Waals surface area contributed by atoms with Gasteiger partial charge in [-0.05, 0) is 19.8 Å². The first-order valence-electron chi connectivity index (χ1n) is 8.73. The highest BCUT2D eigenvalue weighted by Gasteiger charge is 2.35. The largest absolute Gasteiger partial charge is 0.421 e. The molecule has 1 aliphatic carbocycles. The Kier molecular flexibility index (Phi) is 4.24. The predicted octanol–water partition coefficient (Wildman–Crippen LogP) is 3.05. The molecule has 2 N–H and O–H groups in total. The number of nitrogens with one attached hydrogen (secondary N) is 2. The molecule has 0 bridgehead atoms. The normalized spacial score (nSPS) is 16.3. The smallest absolute Gasteiger partial charge is 0.372 e. The van der Waals surface area contributed by atoms with Gasteiger partial charge in [0.2, 0.25) is 5.95 Å². The van der Waals surface area contributed by atoms with Crippen molar-refractivity contribution in [2.24, 2.45) is 7.05 Å². The standard InChI is InChI=1S/C17H19F3N8/c1-9-12(25-16-22-7-11(17(18,19)20)15(21-2)26-16)8-24-28(9)14-5-4-13-10(14)6-23-27(13)3/h6-8,14H,4-5H2,1-3H3,(H2,21,22,25,26). The number of anilines is 3. The van der Waals surface area contributed by atoms with Crippen molar-refractivity contribution in [3.8, 4) is 0 Å². The van der Waals surface area contributed by atoms with Gasteiger partial charge < -0.3 is 10.6 Å². The molecule has 28 heavy (non-hydrogen) atoms. The number of aromatic nitrogens is 6. The minimum atomic E-state index is -4.53. The van der Waals surface area contributed by atoms with Gasteiger partial charge in [0.1, 0.15) is 11.4 Å². The van der Waals surface area contributed by atoms with Crippen molar-refractivity contribution in [2.75, 3.05) is 17.7 Å². The van der Waals surface area contributed by atoms with Crippen molar-refractivity contribution in [1.82, 2.24) is 29.5 Å². The van der Waals surface area contributed by atoms with Crippen LogP contribution in [0.1, 0.15) is 35.0 Å². The fourth-order valence-corrected chi connectivity index (χ4v) is 3.57. The lowest BCUT2D eigenvalue weighted by Gasteiger charge is -2.14. The number of alkyl halides is 3. The summed E-state index contributed by atoms with van der Waals surface area (Å²) in [5.41, 5.74) is 2.90. The van der Waals surface area contributed by atoms with E-state index in [1.807, 2.05) is 29.5 Å². The molecule has 0 aromatic carbocycles. The molecule has 0 spiro atoms. The molecule has 0 amide bonds. The Labute approximate surface area is 158 Å². The monoisotopic (exact) mass is 392 g/mol. The molecule has 0 saturated heterocycles. The Hall–Kier alpha value is -3.11. The van der Waals surface area contributed by atoms with Gasteiger partial charge in [0.25, 0.3) is 0 Å². The highest BCUT2D eigenvalue weighted by atomic mass is 19.4. The molecule has 4 rings (SSSR count). The van der Waals surface area contributed by atoms with Crippen molar-refractivity contribution in [3.63, 3.8) is 0 Å². The quantitative estimate of drug-likeness (QED) is 0.710. The van der Waals surface area contributed by atoms with Crippen molar-refractivity contribution in [3.05, 3.63) is 41.1 Å². The number of halogens is 3. The number of fused-ring (bicyclic) bond motifs is 1. The molecule has 11 heteroatoms. The Bertz CT molecular complexity index is 1020. The van der Waals surface area contributed by atoms with Crippen LogP contribution in [0.15, 0.2) is 18.6 Å². The van der Waals surface area contributed by atoms with Crippen molar-refractivity contribution in [1.29, 1.82) is 0 Å². The van der Waals surface area contributed by atoms with Gasteiger partial charge in [-0.1, -0.05) is 0 Å². The second kappa shape index (κ2) is 6.50. The lowest BCUT2D eigenvalue weighted by atomic mass is 10.2. The van der Waals surface area contributed by atoms with Gasteiger partial charge in [-0.15, -0.1) is 0 Å². The molecule has 0 radical (unpaired) electrons. The van der Waals surface area contributed by atoms with Crippen LogP contribution < -0.4 is 10.6 Å². The van der Waals surface area contributed by atoms with E-state index >= 15 is 0 Å². The third kappa shape index (κ3) is 2.96. The van der Waals surface area contributed by atoms with E-state index in [0.29, 0.717) is 5.69 Å². The van der Waals surface area contributed by atoms with Gasteiger partial charge >= 0.3 is 6.18 Å². The lowest BCUT2D eigenvalue weighted by Crippen LogP contribution is -2.13. The Balaban J connectivity index is 1.61. The van der Waals surface area contributed by atoms with Gasteiger partial charge in [-0.2, -0.15) is 28.4 Å². The van der Waals surface area contributed by atoms with E-state index in [-0.39, 0.29) is 17.8 Å². The molecule has 3 heterocycles. The summed E-state index contributed by atoms with van der Waals surface area (Å²) in [4.78, 5) is 7.74. The molecular formula is C17H19F3N8. The van der Waals surface area contributed by atoms with Crippen molar-refractivity contribution in [2.45, 2.75) is 32.0 Å². The molecule has 3 aromatic heterocycles. The first-order chi connectivity index (χ1) is 13.3. The first kappa shape index (κ1) is 18.3. The molecule has 0 fully saturated rings. The zero-order valence-corrected chi connectivity index (χ0v) is 15.5. The summed E-state index contributed by atoms with van der Waals surface area (Å²) in [6.45, 7) is 1.90. The lowest BCUT2D eigenvalue weighted by molar-refractivity contribution is -0.137. The number of hydrogen-bond acceptors (Lipinski definition) is 6. The van der Waals surface area contributed by atoms with Crippen LogP contribution in [0.5, 0.6) is 0 Å². The van der Waals surface area contributed by atoms with Gasteiger partial charge in [0.05, 0.1) is 29.8 Å². The number of nitrogens with zero attached hydrogens (tertiary/aromatic N) is 6. The number of rotatable bonds is 4. The van der Waals surface area contributed by atoms with Crippen molar-refractivity contribution >= 4 is 17.5 Å². The summed E-state index contributed by atoms with van der Waals surface area (Å²) < 4.78 is 42.8. The van der Waals surface area contributed by atoms with E-state index < -0.39 is 11.7 Å². The average molecular weight is 392 g/mol. The molecular weight excluding hydrogens is 373 g/mol. The molecule has 8 nitrogen and oxygen atoms in total. The van der Waals surface area contributed by atoms with Gasteiger partial charge in [-0.25, -0.2) is 4.98 Å². The molecule has 1 aliphatic rings. The van der Waals surface area contributed by atoms with E-state index in [1.54, 1.807) is 6.20 Å². The molecule has 1 unspecified atom stereocenters. The van der Waals surface area contributed by atoms with E-state index in [0.717, 1.165) is 30.3 Å². The molecule has 0 aliphatic heterocycles. The topological polar surface area (TPSA) is 85.5 Å². The highest BCUT2D eigenvalue weighted by Crippen LogP contribution is 2.36. The third-order valence-corrected chi connectivity index (χ3v) is 5.02. The zero-order valence-electron chi connectivity index (χ0n) is 15.5. The molecule has 1 atom stereocenters. The molecule has 3 aromatic rings. The SMILES string of the molecule is CNc1nc(Nc2cnn(C3CCc4c3cnn4C)c2C)ncc1C(F)(F)F. The number of aryl methyl sites for hydroxylation is 1. The minimum absolute atomic E-state index is 0.0634. The van der Waals surface area contributed by atoms with Gasteiger partial charge in [0, 0.05) is 31.5 Å². The van der Waals surface area contributed by atoms with Crippen LogP contribution in [-0.4, -0.2) is 36.6 Å². The maximum absolute atomic E-state index is 13.0. The van der Waals surface area contributed by atoms with Crippen LogP contribution in [-0.2, 0) is 19.6 Å². The number of hydrogen-bond donors (Lipinski definition) is 2. The van der Waals surface area contributed by atoms with Crippen LogP contribution in [0.25, 0.3) is 0 Å². The Morgan fingerprint density at radius 2 is 1.96 bits per heavy atom. The molecule has 148 valence electrons.